The van der Waals surface area contributed by atoms with E-state index in [4.69, 9.17) is 9.26 Å². The van der Waals surface area contributed by atoms with Crippen molar-refractivity contribution in [1.82, 2.24) is 15.0 Å². The fourth-order valence-corrected chi connectivity index (χ4v) is 2.10. The molecule has 1 aromatic carbocycles. The summed E-state index contributed by atoms with van der Waals surface area (Å²) in [6.45, 7) is 5.00. The van der Waals surface area contributed by atoms with Crippen LogP contribution in [0.4, 0.5) is 0 Å². The first kappa shape index (κ1) is 16.6. The van der Waals surface area contributed by atoms with Crippen LogP contribution in [0.1, 0.15) is 30.2 Å². The lowest BCUT2D eigenvalue weighted by Gasteiger charge is -2.24. The van der Waals surface area contributed by atoms with E-state index in [0.29, 0.717) is 24.9 Å². The number of likely N-dealkylation sites (N-methyl/N-ethyl adjacent to an activating group) is 1. The standard InChI is InChI=1S/C16H23N3O3/c1-12(16-17-13(2)18-22-16)19(3)9-15(20)11-21-10-14-7-5-4-6-8-14/h4-8,12,15,20H,9-11H2,1-3H3/t12-,15+/m1/s1. The highest BCUT2D eigenvalue weighted by Gasteiger charge is 2.20. The van der Waals surface area contributed by atoms with Crippen LogP contribution in [0.2, 0.25) is 0 Å². The molecule has 22 heavy (non-hydrogen) atoms. The Bertz CT molecular complexity index is 559. The number of benzene rings is 1. The third-order valence-electron chi connectivity index (χ3n) is 3.48. The number of aromatic nitrogens is 2. The number of rotatable bonds is 8. The van der Waals surface area contributed by atoms with Gasteiger partial charge >= 0.3 is 0 Å². The SMILES string of the molecule is Cc1noc([C@@H](C)N(C)C[C@H](O)COCc2ccccc2)n1. The van der Waals surface area contributed by atoms with E-state index in [1.54, 1.807) is 6.92 Å². The average Bonchev–Trinajstić information content (AvgIpc) is 2.94. The quantitative estimate of drug-likeness (QED) is 0.803. The van der Waals surface area contributed by atoms with Gasteiger partial charge in [-0.1, -0.05) is 35.5 Å². The van der Waals surface area contributed by atoms with Gasteiger partial charge in [0.1, 0.15) is 0 Å². The zero-order valence-electron chi connectivity index (χ0n) is 13.3. The Morgan fingerprint density at radius 2 is 2.05 bits per heavy atom. The van der Waals surface area contributed by atoms with Gasteiger partial charge in [-0.3, -0.25) is 4.90 Å². The minimum absolute atomic E-state index is 0.0510. The summed E-state index contributed by atoms with van der Waals surface area (Å²) in [7, 11) is 1.91. The van der Waals surface area contributed by atoms with E-state index in [9.17, 15) is 5.11 Å². The van der Waals surface area contributed by atoms with Crippen molar-refractivity contribution in [3.8, 4) is 0 Å². The second kappa shape index (κ2) is 8.03. The van der Waals surface area contributed by atoms with Crippen LogP contribution < -0.4 is 0 Å². The Morgan fingerprint density at radius 1 is 1.32 bits per heavy atom. The van der Waals surface area contributed by atoms with Crippen LogP contribution in [0, 0.1) is 6.92 Å². The number of nitrogens with zero attached hydrogens (tertiary/aromatic N) is 3. The lowest BCUT2D eigenvalue weighted by molar-refractivity contribution is 0.00653. The van der Waals surface area contributed by atoms with E-state index in [1.165, 1.54) is 0 Å². The number of ether oxygens (including phenoxy) is 1. The van der Waals surface area contributed by atoms with E-state index < -0.39 is 6.10 Å². The zero-order valence-corrected chi connectivity index (χ0v) is 13.3. The highest BCUT2D eigenvalue weighted by atomic mass is 16.5. The van der Waals surface area contributed by atoms with Crippen molar-refractivity contribution in [2.75, 3.05) is 20.2 Å². The van der Waals surface area contributed by atoms with Gasteiger partial charge < -0.3 is 14.4 Å². The fraction of sp³-hybridized carbons (Fsp3) is 0.500. The van der Waals surface area contributed by atoms with Crippen molar-refractivity contribution < 1.29 is 14.4 Å². The zero-order chi connectivity index (χ0) is 15.9. The fourth-order valence-electron chi connectivity index (χ4n) is 2.10. The Hall–Kier alpha value is -1.76. The monoisotopic (exact) mass is 305 g/mol. The summed E-state index contributed by atoms with van der Waals surface area (Å²) < 4.78 is 10.7. The summed E-state index contributed by atoms with van der Waals surface area (Å²) >= 11 is 0. The second-order valence-corrected chi connectivity index (χ2v) is 5.45. The summed E-state index contributed by atoms with van der Waals surface area (Å²) in [5.74, 6) is 1.17. The van der Waals surface area contributed by atoms with Crippen molar-refractivity contribution in [1.29, 1.82) is 0 Å². The molecule has 6 heteroatoms. The number of aryl methyl sites for hydroxylation is 1. The van der Waals surface area contributed by atoms with Gasteiger partial charge in [0, 0.05) is 6.54 Å². The molecule has 0 aliphatic rings. The third-order valence-corrected chi connectivity index (χ3v) is 3.48. The van der Waals surface area contributed by atoms with E-state index in [2.05, 4.69) is 10.1 Å². The lowest BCUT2D eigenvalue weighted by Crippen LogP contribution is -2.34. The molecule has 1 N–H and O–H groups in total. The summed E-state index contributed by atoms with van der Waals surface area (Å²) in [4.78, 5) is 6.17. The molecule has 1 heterocycles. The Morgan fingerprint density at radius 3 is 2.68 bits per heavy atom. The average molecular weight is 305 g/mol. The molecule has 0 aliphatic carbocycles. The van der Waals surface area contributed by atoms with Crippen molar-refractivity contribution in [3.05, 3.63) is 47.6 Å². The molecule has 2 atom stereocenters. The van der Waals surface area contributed by atoms with Gasteiger partial charge in [-0.15, -0.1) is 0 Å². The van der Waals surface area contributed by atoms with Gasteiger partial charge in [0.25, 0.3) is 0 Å². The molecule has 0 amide bonds. The lowest BCUT2D eigenvalue weighted by atomic mass is 10.2. The molecule has 120 valence electrons. The van der Waals surface area contributed by atoms with Crippen molar-refractivity contribution in [2.45, 2.75) is 32.6 Å². The molecule has 0 unspecified atom stereocenters. The van der Waals surface area contributed by atoms with E-state index in [1.807, 2.05) is 49.2 Å². The highest BCUT2D eigenvalue weighted by molar-refractivity contribution is 5.13. The van der Waals surface area contributed by atoms with Crippen LogP contribution >= 0.6 is 0 Å². The first-order valence-corrected chi connectivity index (χ1v) is 7.36. The number of aliphatic hydroxyl groups is 1. The van der Waals surface area contributed by atoms with E-state index >= 15 is 0 Å². The van der Waals surface area contributed by atoms with Crippen LogP contribution in [0.5, 0.6) is 0 Å². The Balaban J connectivity index is 1.73. The Kier molecular flexibility index (Phi) is 6.06. The molecule has 0 bridgehead atoms. The molecule has 0 radical (unpaired) electrons. The molecule has 0 spiro atoms. The van der Waals surface area contributed by atoms with Crippen molar-refractivity contribution >= 4 is 0 Å². The number of hydrogen-bond donors (Lipinski definition) is 1. The first-order chi connectivity index (χ1) is 10.6. The molecule has 0 fully saturated rings. The summed E-state index contributed by atoms with van der Waals surface area (Å²) in [6.07, 6.45) is -0.569. The maximum absolute atomic E-state index is 10.1. The first-order valence-electron chi connectivity index (χ1n) is 7.36. The van der Waals surface area contributed by atoms with Gasteiger partial charge in [-0.25, -0.2) is 0 Å². The normalized spacial score (nSPS) is 14.2. The van der Waals surface area contributed by atoms with E-state index in [0.717, 1.165) is 5.56 Å². The smallest absolute Gasteiger partial charge is 0.243 e. The third kappa shape index (κ3) is 4.91. The highest BCUT2D eigenvalue weighted by Crippen LogP contribution is 2.16. The van der Waals surface area contributed by atoms with E-state index in [-0.39, 0.29) is 12.6 Å². The second-order valence-electron chi connectivity index (χ2n) is 5.45. The number of hydrogen-bond acceptors (Lipinski definition) is 6. The van der Waals surface area contributed by atoms with Crippen LogP contribution in [0.15, 0.2) is 34.9 Å². The van der Waals surface area contributed by atoms with Gasteiger partial charge in [-0.2, -0.15) is 4.98 Å². The predicted molar refractivity (Wildman–Crippen MR) is 82.2 cm³/mol. The number of aliphatic hydroxyl groups excluding tert-OH is 1. The molecule has 0 saturated carbocycles. The van der Waals surface area contributed by atoms with Crippen LogP contribution in [0.25, 0.3) is 0 Å². The van der Waals surface area contributed by atoms with Gasteiger partial charge in [0.2, 0.25) is 5.89 Å². The minimum Gasteiger partial charge on any atom is -0.389 e. The summed E-state index contributed by atoms with van der Waals surface area (Å²) in [5, 5.41) is 13.8. The summed E-state index contributed by atoms with van der Waals surface area (Å²) in [5.41, 5.74) is 1.10. The molecule has 1 aromatic heterocycles. The molecule has 2 rings (SSSR count). The Labute approximate surface area is 130 Å². The molecular formula is C16H23N3O3. The predicted octanol–water partition coefficient (Wildman–Crippen LogP) is 1.95. The van der Waals surface area contributed by atoms with Crippen LogP contribution in [-0.2, 0) is 11.3 Å². The minimum atomic E-state index is -0.569. The van der Waals surface area contributed by atoms with Crippen LogP contribution in [0.3, 0.4) is 0 Å². The maximum atomic E-state index is 10.1. The molecule has 0 saturated heterocycles. The molecule has 0 aliphatic heterocycles. The van der Waals surface area contributed by atoms with Gasteiger partial charge in [0.05, 0.1) is 25.4 Å². The van der Waals surface area contributed by atoms with Gasteiger partial charge in [-0.05, 0) is 26.5 Å². The van der Waals surface area contributed by atoms with Crippen molar-refractivity contribution in [3.63, 3.8) is 0 Å². The largest absolute Gasteiger partial charge is 0.389 e. The molecule has 2 aromatic rings. The van der Waals surface area contributed by atoms with Gasteiger partial charge in [0.15, 0.2) is 5.82 Å². The molecular weight excluding hydrogens is 282 g/mol. The maximum Gasteiger partial charge on any atom is 0.243 e. The molecule has 6 nitrogen and oxygen atoms in total. The summed E-state index contributed by atoms with van der Waals surface area (Å²) in [6, 6.07) is 9.85. The van der Waals surface area contributed by atoms with Crippen LogP contribution in [-0.4, -0.2) is 46.5 Å². The topological polar surface area (TPSA) is 71.6 Å². The van der Waals surface area contributed by atoms with Crippen molar-refractivity contribution in [2.24, 2.45) is 0 Å².